The van der Waals surface area contributed by atoms with Crippen LogP contribution in [0.25, 0.3) is 82.2 Å². The lowest BCUT2D eigenvalue weighted by molar-refractivity contribution is 1.37. The molecule has 0 aliphatic carbocycles. The van der Waals surface area contributed by atoms with Gasteiger partial charge in [0.15, 0.2) is 0 Å². The van der Waals surface area contributed by atoms with Crippen LogP contribution in [0.1, 0.15) is 0 Å². The minimum absolute atomic E-state index is 1.23. The van der Waals surface area contributed by atoms with Gasteiger partial charge in [-0.2, -0.15) is 0 Å². The molecule has 2 aromatic heterocycles. The Morgan fingerprint density at radius 1 is 0.317 bits per heavy atom. The molecule has 0 amide bonds. The maximum Gasteiger partial charge on any atom is 0.0626 e. The number of rotatable bonds is 3. The summed E-state index contributed by atoms with van der Waals surface area (Å²) in [5.74, 6) is 0. The molecule has 0 aliphatic rings. The summed E-state index contributed by atoms with van der Waals surface area (Å²) in [7, 11) is 0. The van der Waals surface area contributed by atoms with Crippen molar-refractivity contribution in [1.29, 1.82) is 0 Å². The van der Waals surface area contributed by atoms with E-state index < -0.39 is 0 Å². The molecule has 41 heavy (non-hydrogen) atoms. The van der Waals surface area contributed by atoms with Crippen molar-refractivity contribution < 1.29 is 0 Å². The first kappa shape index (κ1) is 22.4. The van der Waals surface area contributed by atoms with Crippen LogP contribution in [0.4, 0.5) is 0 Å². The molecule has 0 atom stereocenters. The van der Waals surface area contributed by atoms with E-state index in [1.54, 1.807) is 0 Å². The third kappa shape index (κ3) is 3.30. The van der Waals surface area contributed by atoms with E-state index in [1.165, 1.54) is 82.2 Å². The molecule has 190 valence electrons. The SMILES string of the molecule is c1ccc(-c2cc(-c3ccccc3)cc(-c3ccc4c(c3)c3cc5ccccc5c5c6ccccc6n4c35)c2)cc1. The van der Waals surface area contributed by atoms with Gasteiger partial charge in [0.2, 0.25) is 0 Å². The summed E-state index contributed by atoms with van der Waals surface area (Å²) in [5.41, 5.74) is 11.2. The van der Waals surface area contributed by atoms with Crippen LogP contribution in [0.3, 0.4) is 0 Å². The second kappa shape index (κ2) is 8.55. The van der Waals surface area contributed by atoms with Gasteiger partial charge in [0.05, 0.1) is 16.6 Å². The largest absolute Gasteiger partial charge is 0.308 e. The lowest BCUT2D eigenvalue weighted by Gasteiger charge is -2.12. The molecule has 0 aliphatic heterocycles. The summed E-state index contributed by atoms with van der Waals surface area (Å²) in [6, 6.07) is 55.4. The highest BCUT2D eigenvalue weighted by Gasteiger charge is 2.20. The van der Waals surface area contributed by atoms with Gasteiger partial charge in [0, 0.05) is 21.5 Å². The number of aromatic nitrogens is 1. The Morgan fingerprint density at radius 3 is 1.59 bits per heavy atom. The molecular formula is C40H25N. The molecule has 1 heteroatoms. The Labute approximate surface area is 237 Å². The highest BCUT2D eigenvalue weighted by Crippen LogP contribution is 2.44. The van der Waals surface area contributed by atoms with E-state index in [4.69, 9.17) is 0 Å². The first-order chi connectivity index (χ1) is 20.3. The predicted octanol–water partition coefficient (Wildman–Crippen LogP) is 11.0. The second-order valence-corrected chi connectivity index (χ2v) is 11.0. The maximum atomic E-state index is 2.47. The molecule has 0 N–H and O–H groups in total. The minimum atomic E-state index is 1.23. The number of fused-ring (bicyclic) bond motifs is 8. The maximum absolute atomic E-state index is 2.47. The van der Waals surface area contributed by atoms with Gasteiger partial charge in [0.25, 0.3) is 0 Å². The van der Waals surface area contributed by atoms with Gasteiger partial charge in [-0.1, -0.05) is 109 Å². The van der Waals surface area contributed by atoms with Gasteiger partial charge in [-0.25, -0.2) is 0 Å². The first-order valence-electron chi connectivity index (χ1n) is 14.2. The van der Waals surface area contributed by atoms with Crippen LogP contribution in [0.15, 0.2) is 152 Å². The third-order valence-corrected chi connectivity index (χ3v) is 8.67. The molecule has 0 unspecified atom stereocenters. The Bertz CT molecular complexity index is 2340. The zero-order valence-electron chi connectivity index (χ0n) is 22.4. The van der Waals surface area contributed by atoms with E-state index in [1.807, 2.05) is 0 Å². The molecule has 0 saturated carbocycles. The molecular weight excluding hydrogens is 494 g/mol. The number of benzene rings is 7. The zero-order chi connectivity index (χ0) is 26.9. The van der Waals surface area contributed by atoms with Crippen molar-refractivity contribution in [2.24, 2.45) is 0 Å². The van der Waals surface area contributed by atoms with Gasteiger partial charge in [0.1, 0.15) is 0 Å². The lowest BCUT2D eigenvalue weighted by atomic mass is 9.92. The molecule has 0 radical (unpaired) electrons. The fourth-order valence-corrected chi connectivity index (χ4v) is 6.81. The van der Waals surface area contributed by atoms with E-state index in [9.17, 15) is 0 Å². The summed E-state index contributed by atoms with van der Waals surface area (Å²) in [5, 5.41) is 7.88. The molecule has 9 rings (SSSR count). The van der Waals surface area contributed by atoms with Crippen LogP contribution >= 0.6 is 0 Å². The number of para-hydroxylation sites is 1. The number of hydrogen-bond acceptors (Lipinski definition) is 0. The summed E-state index contributed by atoms with van der Waals surface area (Å²) >= 11 is 0. The summed E-state index contributed by atoms with van der Waals surface area (Å²) in [4.78, 5) is 0. The topological polar surface area (TPSA) is 4.41 Å². The fourth-order valence-electron chi connectivity index (χ4n) is 6.81. The molecule has 7 aromatic carbocycles. The van der Waals surface area contributed by atoms with Crippen LogP contribution in [0.5, 0.6) is 0 Å². The van der Waals surface area contributed by atoms with Crippen molar-refractivity contribution in [3.05, 3.63) is 152 Å². The summed E-state index contributed by atoms with van der Waals surface area (Å²) in [6.07, 6.45) is 0. The Morgan fingerprint density at radius 2 is 0.878 bits per heavy atom. The Kier molecular flexibility index (Phi) is 4.67. The standard InChI is InChI=1S/C40H25N/c1-3-11-26(12-4-1)30-21-31(27-13-5-2-6-14-27)23-32(22-30)28-19-20-38-35(24-28)36-25-29-15-7-8-16-33(29)39-34-17-9-10-18-37(34)41(38)40(36)39/h1-25H. The van der Waals surface area contributed by atoms with Gasteiger partial charge in [-0.3, -0.25) is 0 Å². The van der Waals surface area contributed by atoms with Crippen LogP contribution in [-0.2, 0) is 0 Å². The smallest absolute Gasteiger partial charge is 0.0626 e. The van der Waals surface area contributed by atoms with E-state index >= 15 is 0 Å². The van der Waals surface area contributed by atoms with Crippen LogP contribution in [0.2, 0.25) is 0 Å². The quantitative estimate of drug-likeness (QED) is 0.219. The average molecular weight is 520 g/mol. The number of nitrogens with zero attached hydrogens (tertiary/aromatic N) is 1. The highest BCUT2D eigenvalue weighted by atomic mass is 14.9. The molecule has 0 bridgehead atoms. The second-order valence-electron chi connectivity index (χ2n) is 11.0. The monoisotopic (exact) mass is 519 g/mol. The highest BCUT2D eigenvalue weighted by molar-refractivity contribution is 6.31. The molecule has 0 spiro atoms. The molecule has 1 nitrogen and oxygen atoms in total. The fraction of sp³-hybridized carbons (Fsp3) is 0. The zero-order valence-corrected chi connectivity index (χ0v) is 22.4. The normalized spacial score (nSPS) is 11.9. The first-order valence-corrected chi connectivity index (χ1v) is 14.2. The Balaban J connectivity index is 1.35. The van der Waals surface area contributed by atoms with Crippen LogP contribution in [0, 0.1) is 0 Å². The molecule has 0 saturated heterocycles. The average Bonchev–Trinajstić information content (AvgIpc) is 3.56. The predicted molar refractivity (Wildman–Crippen MR) is 175 cm³/mol. The van der Waals surface area contributed by atoms with Gasteiger partial charge in [-0.15, -0.1) is 0 Å². The van der Waals surface area contributed by atoms with Crippen molar-refractivity contribution in [2.45, 2.75) is 0 Å². The van der Waals surface area contributed by atoms with E-state index in [0.29, 0.717) is 0 Å². The molecule has 2 heterocycles. The Hall–Kier alpha value is -5.40. The van der Waals surface area contributed by atoms with Gasteiger partial charge >= 0.3 is 0 Å². The molecule has 0 fully saturated rings. The van der Waals surface area contributed by atoms with Crippen LogP contribution in [-0.4, -0.2) is 4.40 Å². The van der Waals surface area contributed by atoms with Gasteiger partial charge in [-0.05, 0) is 86.6 Å². The van der Waals surface area contributed by atoms with Crippen molar-refractivity contribution in [3.63, 3.8) is 0 Å². The number of hydrogen-bond donors (Lipinski definition) is 0. The minimum Gasteiger partial charge on any atom is -0.308 e. The van der Waals surface area contributed by atoms with E-state index in [-0.39, 0.29) is 0 Å². The van der Waals surface area contributed by atoms with Crippen LogP contribution < -0.4 is 0 Å². The molecule has 9 aromatic rings. The summed E-state index contributed by atoms with van der Waals surface area (Å²) in [6.45, 7) is 0. The van der Waals surface area contributed by atoms with E-state index in [2.05, 4.69) is 156 Å². The lowest BCUT2D eigenvalue weighted by Crippen LogP contribution is -1.86. The van der Waals surface area contributed by atoms with Gasteiger partial charge < -0.3 is 4.40 Å². The van der Waals surface area contributed by atoms with Crippen molar-refractivity contribution in [3.8, 4) is 33.4 Å². The van der Waals surface area contributed by atoms with Crippen molar-refractivity contribution in [2.75, 3.05) is 0 Å². The van der Waals surface area contributed by atoms with E-state index in [0.717, 1.165) is 0 Å². The summed E-state index contributed by atoms with van der Waals surface area (Å²) < 4.78 is 2.47. The third-order valence-electron chi connectivity index (χ3n) is 8.67. The van der Waals surface area contributed by atoms with Crippen molar-refractivity contribution >= 4 is 48.9 Å². The van der Waals surface area contributed by atoms with Crippen molar-refractivity contribution in [1.82, 2.24) is 4.40 Å².